The first-order valence-corrected chi connectivity index (χ1v) is 10.8. The zero-order valence-electron chi connectivity index (χ0n) is 16.7. The maximum Gasteiger partial charge on any atom is 0.150 e. The molecule has 0 aliphatic carbocycles. The minimum Gasteiger partial charge on any atom is -0.497 e. The number of rotatable bonds is 5. The van der Waals surface area contributed by atoms with Crippen LogP contribution in [0.2, 0.25) is 10.0 Å². The van der Waals surface area contributed by atoms with E-state index in [4.69, 9.17) is 33.0 Å². The van der Waals surface area contributed by atoms with E-state index in [0.717, 1.165) is 48.6 Å². The van der Waals surface area contributed by atoms with Crippen molar-refractivity contribution >= 4 is 34.5 Å². The Morgan fingerprint density at radius 3 is 2.67 bits per heavy atom. The molecule has 30 heavy (non-hydrogen) atoms. The summed E-state index contributed by atoms with van der Waals surface area (Å²) in [5, 5.41) is 9.52. The molecular formula is C23H22Cl2N4O. The Labute approximate surface area is 185 Å². The topological polar surface area (TPSA) is 43.5 Å². The third-order valence-electron chi connectivity index (χ3n) is 5.68. The van der Waals surface area contributed by atoms with E-state index in [1.165, 1.54) is 16.8 Å². The number of benzene rings is 2. The highest BCUT2D eigenvalue weighted by Gasteiger charge is 2.22. The van der Waals surface area contributed by atoms with Crippen LogP contribution in [0.4, 0.5) is 5.69 Å². The molecule has 7 heteroatoms. The maximum atomic E-state index is 6.28. The molecule has 0 saturated heterocycles. The van der Waals surface area contributed by atoms with Crippen molar-refractivity contribution in [2.45, 2.75) is 32.4 Å². The third kappa shape index (κ3) is 3.42. The van der Waals surface area contributed by atoms with Gasteiger partial charge in [-0.1, -0.05) is 29.3 Å². The van der Waals surface area contributed by atoms with E-state index < -0.39 is 0 Å². The number of halogens is 2. The molecule has 4 aromatic rings. The number of hydrogen-bond donors (Lipinski definition) is 1. The van der Waals surface area contributed by atoms with Gasteiger partial charge < -0.3 is 14.6 Å². The van der Waals surface area contributed by atoms with Gasteiger partial charge in [-0.25, -0.2) is 4.52 Å². The van der Waals surface area contributed by atoms with Crippen LogP contribution in [-0.2, 0) is 19.5 Å². The quantitative estimate of drug-likeness (QED) is 0.409. The summed E-state index contributed by atoms with van der Waals surface area (Å²) in [5.74, 6) is 1.88. The molecular weight excluding hydrogens is 419 g/mol. The van der Waals surface area contributed by atoms with Crippen molar-refractivity contribution in [1.82, 2.24) is 14.2 Å². The van der Waals surface area contributed by atoms with Crippen LogP contribution in [0.25, 0.3) is 16.8 Å². The molecule has 5 rings (SSSR count). The molecule has 0 amide bonds. The van der Waals surface area contributed by atoms with Gasteiger partial charge in [0.25, 0.3) is 0 Å². The smallest absolute Gasteiger partial charge is 0.150 e. The summed E-state index contributed by atoms with van der Waals surface area (Å²) < 4.78 is 9.60. The molecule has 0 saturated carbocycles. The van der Waals surface area contributed by atoms with Gasteiger partial charge in [0, 0.05) is 29.6 Å². The zero-order valence-corrected chi connectivity index (χ0v) is 18.2. The van der Waals surface area contributed by atoms with E-state index in [1.807, 2.05) is 47.0 Å². The van der Waals surface area contributed by atoms with Gasteiger partial charge in [-0.05, 0) is 61.2 Å². The summed E-state index contributed by atoms with van der Waals surface area (Å²) in [6.07, 6.45) is 5.43. The number of nitrogens with one attached hydrogen (secondary N) is 1. The Balaban J connectivity index is 1.49. The van der Waals surface area contributed by atoms with Crippen molar-refractivity contribution in [3.05, 3.63) is 70.1 Å². The molecule has 0 atom stereocenters. The minimum absolute atomic E-state index is 0.574. The van der Waals surface area contributed by atoms with Crippen LogP contribution in [0.5, 0.6) is 5.75 Å². The first kappa shape index (κ1) is 19.3. The number of methoxy groups -OCH3 is 1. The first-order chi connectivity index (χ1) is 14.6. The van der Waals surface area contributed by atoms with Crippen LogP contribution in [0.15, 0.2) is 48.7 Å². The Kier molecular flexibility index (Phi) is 5.09. The fourth-order valence-corrected chi connectivity index (χ4v) is 4.47. The van der Waals surface area contributed by atoms with Crippen molar-refractivity contribution < 1.29 is 4.74 Å². The van der Waals surface area contributed by atoms with Crippen molar-refractivity contribution in [3.8, 4) is 16.9 Å². The molecule has 0 radical (unpaired) electrons. The van der Waals surface area contributed by atoms with Crippen LogP contribution in [0.3, 0.4) is 0 Å². The fourth-order valence-electron chi connectivity index (χ4n) is 4.17. The van der Waals surface area contributed by atoms with E-state index in [2.05, 4.69) is 16.1 Å². The normalized spacial score (nSPS) is 13.4. The number of anilines is 1. The van der Waals surface area contributed by atoms with Crippen LogP contribution in [-0.4, -0.2) is 21.3 Å². The van der Waals surface area contributed by atoms with Gasteiger partial charge in [0.2, 0.25) is 0 Å². The van der Waals surface area contributed by atoms with E-state index >= 15 is 0 Å². The number of aryl methyl sites for hydroxylation is 2. The lowest BCUT2D eigenvalue weighted by molar-refractivity contribution is 0.415. The number of ether oxygens (including phenoxy) is 1. The van der Waals surface area contributed by atoms with Crippen molar-refractivity contribution in [3.63, 3.8) is 0 Å². The summed E-state index contributed by atoms with van der Waals surface area (Å²) >= 11 is 12.4. The maximum absolute atomic E-state index is 6.28. The van der Waals surface area contributed by atoms with Gasteiger partial charge in [0.05, 0.1) is 23.7 Å². The summed E-state index contributed by atoms with van der Waals surface area (Å²) in [5.41, 5.74) is 5.81. The average Bonchev–Trinajstić information content (AvgIpc) is 3.18. The van der Waals surface area contributed by atoms with E-state index in [-0.39, 0.29) is 0 Å². The van der Waals surface area contributed by atoms with Crippen LogP contribution in [0, 0.1) is 0 Å². The Morgan fingerprint density at radius 2 is 1.90 bits per heavy atom. The molecule has 0 spiro atoms. The lowest BCUT2D eigenvalue weighted by Crippen LogP contribution is -2.09. The minimum atomic E-state index is 0.574. The third-order valence-corrected chi connectivity index (χ3v) is 6.42. The van der Waals surface area contributed by atoms with Gasteiger partial charge in [-0.2, -0.15) is 5.10 Å². The monoisotopic (exact) mass is 440 g/mol. The summed E-state index contributed by atoms with van der Waals surface area (Å²) in [6.45, 7) is 1.64. The zero-order chi connectivity index (χ0) is 20.7. The molecule has 0 unspecified atom stereocenters. The SMILES string of the molecule is COc1ccc(NCc2nn3cc(-c4ccc(Cl)c(Cl)c4)c4c3n2CCCC4)cc1. The molecule has 0 fully saturated rings. The number of nitrogens with zero attached hydrogens (tertiary/aromatic N) is 3. The van der Waals surface area contributed by atoms with Crippen molar-refractivity contribution in [2.75, 3.05) is 12.4 Å². The molecule has 154 valence electrons. The van der Waals surface area contributed by atoms with Gasteiger partial charge in [0.1, 0.15) is 11.4 Å². The van der Waals surface area contributed by atoms with Gasteiger partial charge >= 0.3 is 0 Å². The van der Waals surface area contributed by atoms with Crippen LogP contribution < -0.4 is 10.1 Å². The lowest BCUT2D eigenvalue weighted by atomic mass is 10.0. The van der Waals surface area contributed by atoms with Gasteiger partial charge in [-0.15, -0.1) is 0 Å². The Hall–Kier alpha value is -2.63. The molecule has 1 aliphatic rings. The summed E-state index contributed by atoms with van der Waals surface area (Å²) in [4.78, 5) is 0. The van der Waals surface area contributed by atoms with Gasteiger partial charge in [-0.3, -0.25) is 0 Å². The molecule has 3 heterocycles. The standard InChI is InChI=1S/C23H22Cl2N4O/c1-30-17-8-6-16(7-9-17)26-13-22-27-29-14-19(15-5-10-20(24)21(25)12-15)18-4-2-3-11-28(22)23(18)29/h5-10,12,14,26H,2-4,11,13H2,1H3. The van der Waals surface area contributed by atoms with Crippen LogP contribution in [0.1, 0.15) is 24.2 Å². The van der Waals surface area contributed by atoms with E-state index in [0.29, 0.717) is 16.6 Å². The molecule has 5 nitrogen and oxygen atoms in total. The molecule has 1 aliphatic heterocycles. The number of hydrogen-bond acceptors (Lipinski definition) is 3. The molecule has 2 aromatic heterocycles. The second-order valence-electron chi connectivity index (χ2n) is 7.53. The molecule has 0 bridgehead atoms. The van der Waals surface area contributed by atoms with Crippen molar-refractivity contribution in [2.24, 2.45) is 0 Å². The average molecular weight is 441 g/mol. The molecule has 2 aromatic carbocycles. The highest BCUT2D eigenvalue weighted by atomic mass is 35.5. The second-order valence-corrected chi connectivity index (χ2v) is 8.34. The first-order valence-electron chi connectivity index (χ1n) is 10.1. The largest absolute Gasteiger partial charge is 0.497 e. The number of aromatic nitrogens is 3. The van der Waals surface area contributed by atoms with Gasteiger partial charge in [0.15, 0.2) is 5.82 Å². The highest BCUT2D eigenvalue weighted by Crippen LogP contribution is 2.35. The van der Waals surface area contributed by atoms with E-state index in [1.54, 1.807) is 7.11 Å². The Morgan fingerprint density at radius 1 is 1.07 bits per heavy atom. The Bertz CT molecular complexity index is 1210. The predicted octanol–water partition coefficient (Wildman–Crippen LogP) is 6.07. The molecule has 1 N–H and O–H groups in total. The fraction of sp³-hybridized carbons (Fsp3) is 0.261. The van der Waals surface area contributed by atoms with Crippen molar-refractivity contribution in [1.29, 1.82) is 0 Å². The van der Waals surface area contributed by atoms with Crippen LogP contribution >= 0.6 is 23.2 Å². The predicted molar refractivity (Wildman–Crippen MR) is 122 cm³/mol. The second kappa shape index (κ2) is 7.89. The summed E-state index contributed by atoms with van der Waals surface area (Å²) in [6, 6.07) is 13.8. The summed E-state index contributed by atoms with van der Waals surface area (Å²) in [7, 11) is 1.67. The van der Waals surface area contributed by atoms with E-state index in [9.17, 15) is 0 Å². The highest BCUT2D eigenvalue weighted by molar-refractivity contribution is 6.42. The lowest BCUT2D eigenvalue weighted by Gasteiger charge is -2.09.